The van der Waals surface area contributed by atoms with Crippen molar-refractivity contribution < 1.29 is 33.6 Å². The van der Waals surface area contributed by atoms with Crippen LogP contribution in [0.5, 0.6) is 0 Å². The summed E-state index contributed by atoms with van der Waals surface area (Å²) in [4.78, 5) is 14.0. The number of hydrogen-bond acceptors (Lipinski definition) is 7. The van der Waals surface area contributed by atoms with E-state index in [9.17, 15) is 9.90 Å². The fourth-order valence-electron chi connectivity index (χ4n) is 9.91. The lowest BCUT2D eigenvalue weighted by atomic mass is 9.46. The topological polar surface area (TPSA) is 93.4 Å². The minimum atomic E-state index is -0.746. The molecule has 2 spiro atoms. The Hall–Kier alpha value is -2.39. The summed E-state index contributed by atoms with van der Waals surface area (Å²) in [6.07, 6.45) is 0.309. The molecule has 7 aliphatic rings. The van der Waals surface area contributed by atoms with Gasteiger partial charge >= 0.3 is 0 Å². The van der Waals surface area contributed by atoms with Gasteiger partial charge in [-0.2, -0.15) is 0 Å². The second-order valence-electron chi connectivity index (χ2n) is 14.1. The molecule has 1 N–H and O–H groups in total. The fourth-order valence-corrected chi connectivity index (χ4v) is 9.91. The number of fused-ring (bicyclic) bond motifs is 4. The number of aliphatic hydroxyl groups excluding tert-OH is 1. The van der Waals surface area contributed by atoms with Crippen molar-refractivity contribution in [3.8, 4) is 0 Å². The minimum Gasteiger partial charge on any atom is -0.387 e. The van der Waals surface area contributed by atoms with Gasteiger partial charge in [0.2, 0.25) is 0 Å². The van der Waals surface area contributed by atoms with Crippen molar-refractivity contribution in [3.63, 3.8) is 0 Å². The maximum atomic E-state index is 14.0. The Morgan fingerprint density at radius 1 is 1.00 bits per heavy atom. The number of hydrogen-bond donors (Lipinski definition) is 1. The highest BCUT2D eigenvalue weighted by Crippen LogP contribution is 2.83. The van der Waals surface area contributed by atoms with Gasteiger partial charge in [0.15, 0.2) is 17.7 Å². The van der Waals surface area contributed by atoms with Crippen LogP contribution in [0.25, 0.3) is 0 Å². The van der Waals surface area contributed by atoms with Gasteiger partial charge < -0.3 is 28.8 Å². The quantitative estimate of drug-likeness (QED) is 0.392. The molecule has 5 fully saturated rings. The molecule has 220 valence electrons. The van der Waals surface area contributed by atoms with E-state index in [1.165, 1.54) is 0 Å². The predicted molar refractivity (Wildman–Crippen MR) is 151 cm³/mol. The number of aliphatic hydroxyl groups is 1. The average molecular weight is 571 g/mol. The maximum absolute atomic E-state index is 14.0. The van der Waals surface area contributed by atoms with E-state index in [1.54, 1.807) is 0 Å². The van der Waals surface area contributed by atoms with Crippen molar-refractivity contribution in [3.05, 3.63) is 82.9 Å². The third kappa shape index (κ3) is 3.00. The summed E-state index contributed by atoms with van der Waals surface area (Å²) >= 11 is 0. The van der Waals surface area contributed by atoms with Crippen molar-refractivity contribution in [1.82, 2.24) is 0 Å². The molecular formula is C35H38O7. The second kappa shape index (κ2) is 8.40. The predicted octanol–water partition coefficient (Wildman–Crippen LogP) is 4.30. The largest absolute Gasteiger partial charge is 0.387 e. The van der Waals surface area contributed by atoms with Crippen LogP contribution < -0.4 is 0 Å². The lowest BCUT2D eigenvalue weighted by Crippen LogP contribution is -2.69. The van der Waals surface area contributed by atoms with Crippen LogP contribution in [-0.4, -0.2) is 64.5 Å². The molecule has 42 heavy (non-hydrogen) atoms. The average Bonchev–Trinajstić information content (AvgIpc) is 3.91. The first-order valence-electron chi connectivity index (χ1n) is 15.6. The van der Waals surface area contributed by atoms with Crippen LogP contribution in [-0.2, 0) is 41.5 Å². The molecule has 2 unspecified atom stereocenters. The summed E-state index contributed by atoms with van der Waals surface area (Å²) in [5.74, 6) is 0.242. The Morgan fingerprint density at radius 3 is 2.43 bits per heavy atom. The molecule has 0 radical (unpaired) electrons. The van der Waals surface area contributed by atoms with Gasteiger partial charge in [0.1, 0.15) is 35.6 Å². The molecule has 2 aromatic carbocycles. The summed E-state index contributed by atoms with van der Waals surface area (Å²) in [7, 11) is 0. The fraction of sp³-hybridized carbons (Fsp3) is 0.571. The molecule has 11 atom stereocenters. The first kappa shape index (κ1) is 26.1. The van der Waals surface area contributed by atoms with Gasteiger partial charge in [0.25, 0.3) is 0 Å². The van der Waals surface area contributed by atoms with Crippen molar-refractivity contribution in [1.29, 1.82) is 0 Å². The van der Waals surface area contributed by atoms with E-state index in [-0.39, 0.29) is 41.3 Å². The van der Waals surface area contributed by atoms with Crippen LogP contribution in [0.1, 0.15) is 51.2 Å². The van der Waals surface area contributed by atoms with Gasteiger partial charge in [0.05, 0.1) is 12.7 Å². The summed E-state index contributed by atoms with van der Waals surface area (Å²) < 4.78 is 32.7. The van der Waals surface area contributed by atoms with Gasteiger partial charge in [-0.25, -0.2) is 0 Å². The van der Waals surface area contributed by atoms with E-state index in [4.69, 9.17) is 23.7 Å². The Labute approximate surface area is 246 Å². The van der Waals surface area contributed by atoms with Gasteiger partial charge in [-0.1, -0.05) is 81.4 Å². The molecule has 2 aromatic rings. The molecule has 9 rings (SSSR count). The van der Waals surface area contributed by atoms with Crippen molar-refractivity contribution >= 4 is 5.78 Å². The number of ether oxygens (including phenoxy) is 5. The first-order valence-corrected chi connectivity index (χ1v) is 15.6. The van der Waals surface area contributed by atoms with Crippen LogP contribution in [0.15, 0.2) is 71.8 Å². The van der Waals surface area contributed by atoms with Crippen LogP contribution in [0.3, 0.4) is 0 Å². The molecule has 3 aliphatic carbocycles. The first-order chi connectivity index (χ1) is 20.3. The van der Waals surface area contributed by atoms with E-state index in [0.717, 1.165) is 41.5 Å². The van der Waals surface area contributed by atoms with Gasteiger partial charge in [0, 0.05) is 11.8 Å². The van der Waals surface area contributed by atoms with E-state index >= 15 is 0 Å². The van der Waals surface area contributed by atoms with Crippen LogP contribution in [0.2, 0.25) is 0 Å². The van der Waals surface area contributed by atoms with Crippen LogP contribution in [0.4, 0.5) is 0 Å². The number of carbonyl (C=O) groups is 1. The Kier molecular flexibility index (Phi) is 5.21. The van der Waals surface area contributed by atoms with Gasteiger partial charge in [-0.05, 0) is 53.4 Å². The SMILES string of the molecule is CC(C)[C@]12O[C@H]1[C@@H]1O[C@]13[C@]1(O[C@H]1C[C@H]1C4=C(CC[C@@]13C)C(OCc1ccccc1)OC4C(=O)Cc1ccccc1)[C@@H]2O. The molecule has 0 aromatic heterocycles. The highest BCUT2D eigenvalue weighted by Gasteiger charge is 3.00. The highest BCUT2D eigenvalue weighted by atomic mass is 16.7. The molecule has 3 saturated heterocycles. The second-order valence-corrected chi connectivity index (χ2v) is 14.1. The van der Waals surface area contributed by atoms with Crippen LogP contribution >= 0.6 is 0 Å². The van der Waals surface area contributed by atoms with E-state index in [2.05, 4.69) is 20.8 Å². The lowest BCUT2D eigenvalue weighted by Gasteiger charge is -2.54. The zero-order valence-corrected chi connectivity index (χ0v) is 24.3. The molecule has 7 nitrogen and oxygen atoms in total. The lowest BCUT2D eigenvalue weighted by molar-refractivity contribution is -0.152. The monoisotopic (exact) mass is 570 g/mol. The highest BCUT2D eigenvalue weighted by molar-refractivity contribution is 5.89. The molecule has 2 saturated carbocycles. The molecule has 4 heterocycles. The smallest absolute Gasteiger partial charge is 0.181 e. The third-order valence-corrected chi connectivity index (χ3v) is 12.0. The van der Waals surface area contributed by atoms with Crippen molar-refractivity contribution in [2.24, 2.45) is 17.3 Å². The summed E-state index contributed by atoms with van der Waals surface area (Å²) in [6, 6.07) is 20.0. The zero-order valence-electron chi connectivity index (χ0n) is 24.3. The standard InChI is InChI=1S/C35H38O7/c1-19(2)33-28(41-33)29-35(42-29)32(3)15-14-22-26(23(32)17-25-34(35,40-25)31(33)37)27(24(36)16-20-10-6-4-7-11-20)39-30(22)38-18-21-12-8-5-9-13-21/h4-13,19,23,25,27-31,37H,14-18H2,1-3H3/t23-,25-,27?,28-,29-,30?,31+,32-,33-,34+,35+/m0/s1. The Bertz CT molecular complexity index is 1490. The van der Waals surface area contributed by atoms with Crippen LogP contribution in [0, 0.1) is 17.3 Å². The number of Topliss-reactive ketones (excluding diaryl/α,β-unsaturated/α-hetero) is 1. The molecule has 0 amide bonds. The Morgan fingerprint density at radius 2 is 1.71 bits per heavy atom. The number of carbonyl (C=O) groups excluding carboxylic acids is 1. The van der Waals surface area contributed by atoms with Crippen molar-refractivity contribution in [2.75, 3.05) is 0 Å². The molecule has 7 heteroatoms. The molecule has 0 bridgehead atoms. The normalized spacial score (nSPS) is 47.0. The maximum Gasteiger partial charge on any atom is 0.181 e. The number of epoxide rings is 3. The van der Waals surface area contributed by atoms with Gasteiger partial charge in [-0.15, -0.1) is 0 Å². The summed E-state index contributed by atoms with van der Waals surface area (Å²) in [5, 5.41) is 11.9. The van der Waals surface area contributed by atoms with E-state index < -0.39 is 35.3 Å². The Balaban J connectivity index is 1.08. The third-order valence-electron chi connectivity index (χ3n) is 12.0. The minimum absolute atomic E-state index is 0.0272. The number of benzene rings is 2. The summed E-state index contributed by atoms with van der Waals surface area (Å²) in [6.45, 7) is 6.95. The van der Waals surface area contributed by atoms with E-state index in [1.807, 2.05) is 60.7 Å². The van der Waals surface area contributed by atoms with Crippen molar-refractivity contribution in [2.45, 2.75) is 107 Å². The van der Waals surface area contributed by atoms with E-state index in [0.29, 0.717) is 13.0 Å². The molecule has 4 aliphatic heterocycles. The number of ketones is 1. The van der Waals surface area contributed by atoms with Gasteiger partial charge in [-0.3, -0.25) is 4.79 Å². The molecular weight excluding hydrogens is 532 g/mol. The number of rotatable bonds is 7. The zero-order chi connectivity index (χ0) is 28.6. The summed E-state index contributed by atoms with van der Waals surface area (Å²) in [5.41, 5.74) is 1.93.